The van der Waals surface area contributed by atoms with E-state index in [0.717, 1.165) is 11.1 Å². The normalized spacial score (nSPS) is 11.7. The Morgan fingerprint density at radius 1 is 0.971 bits per heavy atom. The quantitative estimate of drug-likeness (QED) is 0.213. The molecular weight excluding hydrogens is 436 g/mol. The Balaban J connectivity index is 2.06. The van der Waals surface area contributed by atoms with E-state index in [1.807, 2.05) is 48.5 Å². The van der Waals surface area contributed by atoms with E-state index in [1.165, 1.54) is 6.07 Å². The van der Waals surface area contributed by atoms with Gasteiger partial charge < -0.3 is 19.2 Å². The molecule has 1 atom stereocenters. The Bertz CT molecular complexity index is 1340. The summed E-state index contributed by atoms with van der Waals surface area (Å²) in [7, 11) is 3.17. The van der Waals surface area contributed by atoms with E-state index in [1.54, 1.807) is 33.3 Å². The van der Waals surface area contributed by atoms with E-state index in [0.29, 0.717) is 22.4 Å². The lowest BCUT2D eigenvalue weighted by Crippen LogP contribution is -2.12. The highest BCUT2D eigenvalue weighted by molar-refractivity contribution is 6.02. The third-order valence-electron chi connectivity index (χ3n) is 5.69. The lowest BCUT2D eigenvalue weighted by atomic mass is 9.83. The molecule has 1 N–H and O–H groups in total. The number of ether oxygens (including phenoxy) is 3. The molecule has 0 radical (unpaired) electrons. The number of nitrogens with zero attached hydrogens (tertiary/aromatic N) is 1. The summed E-state index contributed by atoms with van der Waals surface area (Å²) in [5.41, 5.74) is 2.64. The second kappa shape index (κ2) is 9.66. The summed E-state index contributed by atoms with van der Waals surface area (Å²) in [5, 5.41) is 12.3. The van der Waals surface area contributed by atoms with Gasteiger partial charge in [-0.25, -0.2) is 4.79 Å². The summed E-state index contributed by atoms with van der Waals surface area (Å²) >= 11 is 0. The first kappa shape index (κ1) is 22.8. The van der Waals surface area contributed by atoms with Crippen LogP contribution in [0.3, 0.4) is 0 Å². The number of fused-ring (bicyclic) bond motifs is 1. The monoisotopic (exact) mass is 460 g/mol. The fourth-order valence-corrected chi connectivity index (χ4v) is 4.18. The molecule has 1 unspecified atom stereocenters. The molecule has 0 aliphatic heterocycles. The molecule has 1 aromatic heterocycles. The van der Waals surface area contributed by atoms with Crippen LogP contribution < -0.4 is 9.47 Å². The van der Waals surface area contributed by atoms with Crippen LogP contribution in [-0.2, 0) is 4.74 Å². The number of hydrogen-bond donors (Lipinski definition) is 1. The van der Waals surface area contributed by atoms with Gasteiger partial charge in [0.1, 0.15) is 22.7 Å². The molecule has 4 rings (SSSR count). The average molecular weight is 460 g/mol. The zero-order chi connectivity index (χ0) is 24.2. The van der Waals surface area contributed by atoms with Crippen molar-refractivity contribution in [3.05, 3.63) is 99.2 Å². The second-order valence-corrected chi connectivity index (χ2v) is 7.57. The summed E-state index contributed by atoms with van der Waals surface area (Å²) in [5.74, 6) is 0.313. The van der Waals surface area contributed by atoms with E-state index < -0.39 is 16.8 Å². The van der Waals surface area contributed by atoms with Crippen molar-refractivity contribution in [3.63, 3.8) is 0 Å². The zero-order valence-corrected chi connectivity index (χ0v) is 19.0. The Morgan fingerprint density at radius 2 is 1.68 bits per heavy atom. The number of carbonyl (C=O) groups excluding carboxylic acids is 1. The first-order chi connectivity index (χ1) is 16.5. The van der Waals surface area contributed by atoms with Gasteiger partial charge in [-0.05, 0) is 42.3 Å². The minimum atomic E-state index is -0.579. The number of carbonyl (C=O) groups is 1. The number of benzene rings is 3. The standard InChI is InChI=1S/C26H24N2O6/c1-4-34-26(29)25-23(20-9-6-10-21(28(30)31)24(20)27-25)22(16-11-13-18(32-2)14-12-16)17-7-5-8-19(15-17)33-3/h5-15,22,27H,4H2,1-3H3. The van der Waals surface area contributed by atoms with Gasteiger partial charge in [0.15, 0.2) is 0 Å². The van der Waals surface area contributed by atoms with Gasteiger partial charge in [-0.1, -0.05) is 36.4 Å². The van der Waals surface area contributed by atoms with Gasteiger partial charge in [0.2, 0.25) is 0 Å². The maximum atomic E-state index is 13.0. The molecule has 8 heteroatoms. The van der Waals surface area contributed by atoms with Crippen LogP contribution in [-0.4, -0.2) is 36.7 Å². The highest BCUT2D eigenvalue weighted by atomic mass is 16.6. The lowest BCUT2D eigenvalue weighted by Gasteiger charge is -2.20. The molecule has 0 fully saturated rings. The number of non-ortho nitro benzene ring substituents is 1. The molecule has 0 bridgehead atoms. The predicted molar refractivity (Wildman–Crippen MR) is 128 cm³/mol. The van der Waals surface area contributed by atoms with Gasteiger partial charge in [-0.15, -0.1) is 0 Å². The summed E-state index contributed by atoms with van der Waals surface area (Å²) in [4.78, 5) is 27.3. The number of nitrogens with one attached hydrogen (secondary N) is 1. The number of hydrogen-bond acceptors (Lipinski definition) is 6. The minimum absolute atomic E-state index is 0.117. The summed E-state index contributed by atoms with van der Waals surface area (Å²) in [6.07, 6.45) is 0. The van der Waals surface area contributed by atoms with Crippen LogP contribution in [0.25, 0.3) is 10.9 Å². The number of nitro benzene ring substituents is 1. The van der Waals surface area contributed by atoms with Crippen LogP contribution in [0, 0.1) is 10.1 Å². The van der Waals surface area contributed by atoms with Crippen molar-refractivity contribution in [2.75, 3.05) is 20.8 Å². The van der Waals surface area contributed by atoms with Gasteiger partial charge in [-0.2, -0.15) is 0 Å². The smallest absolute Gasteiger partial charge is 0.355 e. The van der Waals surface area contributed by atoms with Crippen molar-refractivity contribution in [1.82, 2.24) is 4.98 Å². The molecule has 0 aliphatic rings. The van der Waals surface area contributed by atoms with E-state index in [-0.39, 0.29) is 23.5 Å². The first-order valence-corrected chi connectivity index (χ1v) is 10.7. The van der Waals surface area contributed by atoms with Crippen LogP contribution in [0.4, 0.5) is 5.69 Å². The summed E-state index contributed by atoms with van der Waals surface area (Å²) in [6.45, 7) is 1.88. The molecule has 0 amide bonds. The maximum Gasteiger partial charge on any atom is 0.355 e. The zero-order valence-electron chi connectivity index (χ0n) is 19.0. The van der Waals surface area contributed by atoms with Crippen LogP contribution in [0.2, 0.25) is 0 Å². The number of para-hydroxylation sites is 1. The molecule has 174 valence electrons. The van der Waals surface area contributed by atoms with Crippen LogP contribution in [0.5, 0.6) is 11.5 Å². The number of rotatable bonds is 8. The second-order valence-electron chi connectivity index (χ2n) is 7.57. The van der Waals surface area contributed by atoms with Crippen LogP contribution in [0.1, 0.15) is 40.0 Å². The molecular formula is C26H24N2O6. The summed E-state index contributed by atoms with van der Waals surface area (Å²) in [6, 6.07) is 19.8. The molecule has 3 aromatic carbocycles. The van der Waals surface area contributed by atoms with Crippen molar-refractivity contribution >= 4 is 22.6 Å². The molecule has 1 heterocycles. The Labute approximate surface area is 196 Å². The van der Waals surface area contributed by atoms with E-state index in [4.69, 9.17) is 14.2 Å². The van der Waals surface area contributed by atoms with Gasteiger partial charge in [0, 0.05) is 22.9 Å². The van der Waals surface area contributed by atoms with E-state index >= 15 is 0 Å². The average Bonchev–Trinajstić information content (AvgIpc) is 3.24. The summed E-state index contributed by atoms with van der Waals surface area (Å²) < 4.78 is 16.1. The van der Waals surface area contributed by atoms with Crippen molar-refractivity contribution in [1.29, 1.82) is 0 Å². The van der Waals surface area contributed by atoms with E-state index in [9.17, 15) is 14.9 Å². The number of esters is 1. The first-order valence-electron chi connectivity index (χ1n) is 10.7. The Morgan fingerprint density at radius 3 is 2.32 bits per heavy atom. The molecule has 8 nitrogen and oxygen atoms in total. The maximum absolute atomic E-state index is 13.0. The van der Waals surface area contributed by atoms with Crippen LogP contribution >= 0.6 is 0 Å². The van der Waals surface area contributed by atoms with Gasteiger partial charge in [0.25, 0.3) is 5.69 Å². The fraction of sp³-hybridized carbons (Fsp3) is 0.192. The van der Waals surface area contributed by atoms with Crippen molar-refractivity contribution < 1.29 is 23.9 Å². The van der Waals surface area contributed by atoms with Gasteiger partial charge >= 0.3 is 5.97 Å². The molecule has 0 saturated heterocycles. The topological polar surface area (TPSA) is 104 Å². The lowest BCUT2D eigenvalue weighted by molar-refractivity contribution is -0.383. The van der Waals surface area contributed by atoms with Crippen molar-refractivity contribution in [3.8, 4) is 11.5 Å². The minimum Gasteiger partial charge on any atom is -0.497 e. The number of nitro groups is 1. The van der Waals surface area contributed by atoms with Crippen molar-refractivity contribution in [2.45, 2.75) is 12.8 Å². The third-order valence-corrected chi connectivity index (χ3v) is 5.69. The number of H-pyrrole nitrogens is 1. The molecule has 4 aromatic rings. The van der Waals surface area contributed by atoms with Gasteiger partial charge in [-0.3, -0.25) is 10.1 Å². The van der Waals surface area contributed by atoms with E-state index in [2.05, 4.69) is 4.98 Å². The van der Waals surface area contributed by atoms with Crippen LogP contribution in [0.15, 0.2) is 66.7 Å². The molecule has 34 heavy (non-hydrogen) atoms. The largest absolute Gasteiger partial charge is 0.497 e. The number of aromatic nitrogens is 1. The number of methoxy groups -OCH3 is 2. The molecule has 0 spiro atoms. The molecule has 0 aliphatic carbocycles. The SMILES string of the molecule is CCOC(=O)c1[nH]c2c([N+](=O)[O-])cccc2c1C(c1ccc(OC)cc1)c1cccc(OC)c1. The molecule has 0 saturated carbocycles. The Hall–Kier alpha value is -4.33. The van der Waals surface area contributed by atoms with Crippen molar-refractivity contribution in [2.24, 2.45) is 0 Å². The highest BCUT2D eigenvalue weighted by Gasteiger charge is 2.30. The Kier molecular flexibility index (Phi) is 6.49. The third kappa shape index (κ3) is 4.17. The number of aromatic amines is 1. The fourth-order valence-electron chi connectivity index (χ4n) is 4.18. The highest BCUT2D eigenvalue weighted by Crippen LogP contribution is 2.42. The predicted octanol–water partition coefficient (Wildman–Crippen LogP) is 5.45. The van der Waals surface area contributed by atoms with Gasteiger partial charge in [0.05, 0.1) is 25.7 Å².